The summed E-state index contributed by atoms with van der Waals surface area (Å²) >= 11 is 0. The fourth-order valence-corrected chi connectivity index (χ4v) is 6.82. The monoisotopic (exact) mass is 590 g/mol. The van der Waals surface area contributed by atoms with Gasteiger partial charge in [-0.1, -0.05) is 31.1 Å². The van der Waals surface area contributed by atoms with E-state index in [-0.39, 0.29) is 10.7 Å². The second-order valence-electron chi connectivity index (χ2n) is 10.1. The van der Waals surface area contributed by atoms with Crippen LogP contribution in [-0.4, -0.2) is 70.2 Å². The van der Waals surface area contributed by atoms with Gasteiger partial charge in [0.25, 0.3) is 5.56 Å². The molecule has 41 heavy (non-hydrogen) atoms. The minimum Gasteiger partial charge on any atom is -0.493 e. The van der Waals surface area contributed by atoms with E-state index in [2.05, 4.69) is 10.1 Å². The molecule has 1 saturated heterocycles. The first kappa shape index (κ1) is 30.7. The topological polar surface area (TPSA) is 171 Å². The Kier molecular flexibility index (Phi) is 10.1. The summed E-state index contributed by atoms with van der Waals surface area (Å²) in [4.78, 5) is 25.8. The molecule has 13 nitrogen and oxygen atoms in total. The molecule has 1 aliphatic rings. The van der Waals surface area contributed by atoms with Crippen LogP contribution in [0.3, 0.4) is 0 Å². The number of benzene rings is 1. The van der Waals surface area contributed by atoms with Gasteiger partial charge in [0.2, 0.25) is 10.0 Å². The molecule has 0 saturated carbocycles. The lowest BCUT2D eigenvalue weighted by Crippen LogP contribution is -2.38. The number of hydrogen-bond donors (Lipinski definition) is 4. The van der Waals surface area contributed by atoms with Gasteiger partial charge in [0.1, 0.15) is 22.6 Å². The van der Waals surface area contributed by atoms with E-state index < -0.39 is 15.6 Å². The van der Waals surface area contributed by atoms with E-state index >= 15 is 0 Å². The van der Waals surface area contributed by atoms with Crippen LogP contribution >= 0.6 is 0 Å². The van der Waals surface area contributed by atoms with Gasteiger partial charge in [-0.2, -0.15) is 4.31 Å². The van der Waals surface area contributed by atoms with Crippen molar-refractivity contribution in [3.8, 4) is 17.1 Å². The molecule has 0 atom stereocenters. The van der Waals surface area contributed by atoms with Crippen molar-refractivity contribution in [1.29, 1.82) is 0 Å². The summed E-state index contributed by atoms with van der Waals surface area (Å²) in [5.74, 6) is 0.895. The van der Waals surface area contributed by atoms with Gasteiger partial charge in [0, 0.05) is 25.7 Å². The second-order valence-corrected chi connectivity index (χ2v) is 12.0. The number of aromatic amines is 1. The normalized spacial score (nSPS) is 15.3. The number of aryl methyl sites for hydroxylation is 2. The Balaban J connectivity index is 1.76. The Morgan fingerprint density at radius 3 is 2.63 bits per heavy atom. The Morgan fingerprint density at radius 2 is 1.98 bits per heavy atom. The van der Waals surface area contributed by atoms with Gasteiger partial charge in [0.05, 0.1) is 35.6 Å². The zero-order chi connectivity index (χ0) is 29.6. The molecule has 0 amide bonds. The third-order valence-corrected chi connectivity index (χ3v) is 9.33. The van der Waals surface area contributed by atoms with Crippen LogP contribution < -0.4 is 15.9 Å². The molecule has 1 aromatic carbocycles. The lowest BCUT2D eigenvalue weighted by Gasteiger charge is -2.31. The number of piperidine rings is 1. The first-order valence-electron chi connectivity index (χ1n) is 13.8. The maximum absolute atomic E-state index is 13.7. The van der Waals surface area contributed by atoms with Gasteiger partial charge in [0.15, 0.2) is 0 Å². The van der Waals surface area contributed by atoms with Gasteiger partial charge < -0.3 is 19.5 Å². The lowest BCUT2D eigenvalue weighted by atomic mass is 9.95. The molecule has 14 heteroatoms. The molecule has 1 fully saturated rings. The number of nitrogens with one attached hydrogen (secondary N) is 2. The number of fused-ring (bicyclic) bond motifs is 1. The van der Waals surface area contributed by atoms with Gasteiger partial charge in [-0.15, -0.1) is 0 Å². The molecule has 1 aliphatic heterocycles. The number of nitrogens with zero attached hydrogens (tertiary/aromatic N) is 4. The summed E-state index contributed by atoms with van der Waals surface area (Å²) < 4.78 is 36.4. The van der Waals surface area contributed by atoms with Gasteiger partial charge in [-0.3, -0.25) is 14.8 Å². The van der Waals surface area contributed by atoms with Crippen molar-refractivity contribution in [3.63, 3.8) is 0 Å². The minimum absolute atomic E-state index is 0.0836. The van der Waals surface area contributed by atoms with Crippen LogP contribution in [0.4, 0.5) is 0 Å². The van der Waals surface area contributed by atoms with Crippen molar-refractivity contribution in [2.75, 3.05) is 26.3 Å². The van der Waals surface area contributed by atoms with Crippen molar-refractivity contribution < 1.29 is 28.4 Å². The van der Waals surface area contributed by atoms with E-state index in [1.807, 2.05) is 13.8 Å². The Bertz CT molecular complexity index is 1540. The van der Waals surface area contributed by atoms with Crippen LogP contribution in [0, 0.1) is 5.92 Å². The van der Waals surface area contributed by atoms with Crippen molar-refractivity contribution in [3.05, 3.63) is 39.8 Å². The zero-order valence-corrected chi connectivity index (χ0v) is 24.4. The molecule has 0 aliphatic carbocycles. The summed E-state index contributed by atoms with van der Waals surface area (Å²) in [6.45, 7) is 5.43. The highest BCUT2D eigenvalue weighted by molar-refractivity contribution is 7.89. The number of hydrogen-bond acceptors (Lipinski definition) is 10. The quantitative estimate of drug-likeness (QED) is 0.101. The summed E-state index contributed by atoms with van der Waals surface area (Å²) in [5, 5.41) is 21.0. The summed E-state index contributed by atoms with van der Waals surface area (Å²) in [7, 11) is -2.13. The van der Waals surface area contributed by atoms with Gasteiger partial charge in [-0.05, 0) is 56.2 Å². The molecule has 0 spiro atoms. The smallest absolute Gasteiger partial charge is 0.275 e. The largest absolute Gasteiger partial charge is 0.493 e. The maximum Gasteiger partial charge on any atom is 0.275 e. The molecular weight excluding hydrogens is 552 g/mol. The number of aromatic nitrogens is 3. The highest BCUT2D eigenvalue weighted by Crippen LogP contribution is 2.34. The van der Waals surface area contributed by atoms with E-state index in [0.29, 0.717) is 85.9 Å². The number of oxime groups is 1. The predicted octanol–water partition coefficient (Wildman–Crippen LogP) is 3.18. The molecule has 4 N–H and O–H groups in total. The number of sulfonamides is 1. The average molecular weight is 591 g/mol. The summed E-state index contributed by atoms with van der Waals surface area (Å²) in [6.07, 6.45) is 5.46. The van der Waals surface area contributed by atoms with Crippen molar-refractivity contribution in [2.24, 2.45) is 18.1 Å². The Hall–Kier alpha value is -3.30. The molecular formula is C27H38N6O7S. The Morgan fingerprint density at radius 1 is 1.22 bits per heavy atom. The predicted molar refractivity (Wildman–Crippen MR) is 153 cm³/mol. The van der Waals surface area contributed by atoms with E-state index in [1.54, 1.807) is 23.3 Å². The summed E-state index contributed by atoms with van der Waals surface area (Å²) in [6, 6.07) is 4.64. The lowest BCUT2D eigenvalue weighted by molar-refractivity contribution is -0.130. The molecule has 0 bridgehead atoms. The molecule has 0 radical (unpaired) electrons. The van der Waals surface area contributed by atoms with E-state index in [9.17, 15) is 18.4 Å². The van der Waals surface area contributed by atoms with Crippen LogP contribution in [-0.2, 0) is 28.3 Å². The third kappa shape index (κ3) is 6.46. The maximum atomic E-state index is 13.7. The van der Waals surface area contributed by atoms with Crippen LogP contribution in [0.15, 0.2) is 33.0 Å². The van der Waals surface area contributed by atoms with Gasteiger partial charge >= 0.3 is 0 Å². The third-order valence-electron chi connectivity index (χ3n) is 7.44. The number of H-pyrrole nitrogens is 1. The van der Waals surface area contributed by atoms with Crippen LogP contribution in [0.1, 0.15) is 57.2 Å². The fraction of sp³-hybridized carbons (Fsp3) is 0.519. The average Bonchev–Trinajstić information content (AvgIpc) is 3.23. The van der Waals surface area contributed by atoms with Crippen molar-refractivity contribution in [1.82, 2.24) is 24.5 Å². The summed E-state index contributed by atoms with van der Waals surface area (Å²) in [5.41, 5.74) is 3.75. The van der Waals surface area contributed by atoms with Crippen molar-refractivity contribution >= 4 is 27.3 Å². The first-order chi connectivity index (χ1) is 19.8. The van der Waals surface area contributed by atoms with E-state index in [1.165, 1.54) is 22.7 Å². The molecule has 4 rings (SSSR count). The van der Waals surface area contributed by atoms with E-state index in [0.717, 1.165) is 18.4 Å². The highest BCUT2D eigenvalue weighted by Gasteiger charge is 2.30. The molecule has 2 aromatic heterocycles. The van der Waals surface area contributed by atoms with Crippen LogP contribution in [0.25, 0.3) is 22.4 Å². The van der Waals surface area contributed by atoms with Crippen LogP contribution in [0.2, 0.25) is 0 Å². The molecule has 224 valence electrons. The van der Waals surface area contributed by atoms with Crippen LogP contribution in [0.5, 0.6) is 5.75 Å². The minimum atomic E-state index is -3.83. The number of ether oxygens (including phenoxy) is 1. The molecule has 3 aromatic rings. The molecule has 3 heterocycles. The standard InChI is InChI=1S/C27H38N6O7S/c1-4-6-20-22(17-28-35)32(3)25-24(20)29-26(30-27(25)34)21-16-19(7-8-23(21)39-14-5-2)41(37,38)33-12-9-18(10-13-33)11-15-40-31-36/h7-8,16-18,31,35-36H,4-6,9-15H2,1-3H3,(H,29,30,34)/b28-17+. The first-order valence-corrected chi connectivity index (χ1v) is 15.3. The molecule has 0 unspecified atom stereocenters. The number of rotatable bonds is 13. The Labute approximate surface area is 238 Å². The SMILES string of the molecule is CCCOc1ccc(S(=O)(=O)N2CCC(CCONO)CC2)cc1-c1nc2c(CCC)c(/C=N/O)n(C)c2c(=O)[nH]1. The highest BCUT2D eigenvalue weighted by atomic mass is 32.2. The fourth-order valence-electron chi connectivity index (χ4n) is 5.33. The van der Waals surface area contributed by atoms with Gasteiger partial charge in [-0.25, -0.2) is 13.4 Å². The van der Waals surface area contributed by atoms with E-state index in [4.69, 9.17) is 19.8 Å². The zero-order valence-electron chi connectivity index (χ0n) is 23.6. The second kappa shape index (κ2) is 13.6. The van der Waals surface area contributed by atoms with Crippen molar-refractivity contribution in [2.45, 2.75) is 57.3 Å².